The van der Waals surface area contributed by atoms with Crippen molar-refractivity contribution < 1.29 is 27.9 Å². The maximum absolute atomic E-state index is 12.7. The maximum atomic E-state index is 12.7. The molecule has 1 amide bonds. The van der Waals surface area contributed by atoms with Crippen LogP contribution in [-0.2, 0) is 29.2 Å². The van der Waals surface area contributed by atoms with E-state index in [4.69, 9.17) is 9.90 Å². The Balaban J connectivity index is 0.000000505. The van der Waals surface area contributed by atoms with Crippen LogP contribution in [0.25, 0.3) is 11.3 Å². The molecule has 0 aliphatic heterocycles. The lowest BCUT2D eigenvalue weighted by Gasteiger charge is -2.21. The van der Waals surface area contributed by atoms with Crippen molar-refractivity contribution in [2.24, 2.45) is 0 Å². The number of aromatic nitrogens is 4. The van der Waals surface area contributed by atoms with Crippen LogP contribution in [0, 0.1) is 0 Å². The number of amides is 1. The summed E-state index contributed by atoms with van der Waals surface area (Å²) in [7, 11) is 0. The molecule has 0 saturated heterocycles. The molecule has 13 heteroatoms. The molecule has 198 valence electrons. The van der Waals surface area contributed by atoms with Crippen molar-refractivity contribution in [2.75, 3.05) is 6.54 Å². The standard InChI is InChI=1S/C23H22N6OS.C2HF3O2/c30-23(26-13-18-7-9-19(10-8-18)22-17-31-28-27-22)16-29(14-20-5-1-3-11-24-20)15-21-6-2-4-12-25-21;3-2(4,5)1(6)7/h1-12,17H,13-16H2,(H,26,30);(H,6,7). The SMILES string of the molecule is O=C(CN(Cc1ccccn1)Cc1ccccn1)NCc1ccc(-c2csnn2)cc1.O=C(O)C(F)(F)F. The molecule has 1 aromatic carbocycles. The Kier molecular flexibility index (Phi) is 10.4. The van der Waals surface area contributed by atoms with Crippen molar-refractivity contribution in [1.29, 1.82) is 0 Å². The second-order valence-electron chi connectivity index (χ2n) is 7.85. The van der Waals surface area contributed by atoms with Crippen LogP contribution < -0.4 is 5.32 Å². The van der Waals surface area contributed by atoms with Crippen LogP contribution in [-0.4, -0.2) is 54.2 Å². The first kappa shape index (κ1) is 28.3. The van der Waals surface area contributed by atoms with E-state index in [9.17, 15) is 18.0 Å². The van der Waals surface area contributed by atoms with Crippen LogP contribution in [0.3, 0.4) is 0 Å². The normalized spacial score (nSPS) is 10.9. The Morgan fingerprint density at radius 2 is 1.50 bits per heavy atom. The molecule has 0 unspecified atom stereocenters. The number of hydrogen-bond acceptors (Lipinski definition) is 8. The van der Waals surface area contributed by atoms with Crippen LogP contribution in [0.2, 0.25) is 0 Å². The summed E-state index contributed by atoms with van der Waals surface area (Å²) in [6, 6.07) is 19.6. The van der Waals surface area contributed by atoms with E-state index in [0.29, 0.717) is 19.6 Å². The zero-order chi connectivity index (χ0) is 27.4. The Labute approximate surface area is 220 Å². The highest BCUT2D eigenvalue weighted by Crippen LogP contribution is 2.18. The van der Waals surface area contributed by atoms with Gasteiger partial charge in [0.25, 0.3) is 0 Å². The van der Waals surface area contributed by atoms with E-state index in [2.05, 4.69) is 24.9 Å². The molecule has 0 fully saturated rings. The van der Waals surface area contributed by atoms with E-state index in [0.717, 1.165) is 28.2 Å². The molecule has 0 aliphatic rings. The van der Waals surface area contributed by atoms with Gasteiger partial charge in [0.1, 0.15) is 5.69 Å². The van der Waals surface area contributed by atoms with Gasteiger partial charge in [-0.05, 0) is 41.4 Å². The number of alkyl halides is 3. The first-order valence-corrected chi connectivity index (χ1v) is 12.0. The number of nitrogens with one attached hydrogen (secondary N) is 1. The highest BCUT2D eigenvalue weighted by Gasteiger charge is 2.38. The fraction of sp³-hybridized carbons (Fsp3) is 0.200. The van der Waals surface area contributed by atoms with E-state index in [1.54, 1.807) is 12.4 Å². The van der Waals surface area contributed by atoms with Gasteiger partial charge in [-0.25, -0.2) is 4.79 Å². The van der Waals surface area contributed by atoms with E-state index < -0.39 is 12.1 Å². The number of halogens is 3. The minimum Gasteiger partial charge on any atom is -0.475 e. The zero-order valence-electron chi connectivity index (χ0n) is 19.9. The third-order valence-corrected chi connectivity index (χ3v) is 5.44. The number of pyridine rings is 2. The Bertz CT molecular complexity index is 1230. The van der Waals surface area contributed by atoms with Gasteiger partial charge < -0.3 is 10.4 Å². The summed E-state index contributed by atoms with van der Waals surface area (Å²) in [5, 5.41) is 16.1. The number of rotatable bonds is 9. The van der Waals surface area contributed by atoms with Crippen LogP contribution in [0.4, 0.5) is 13.2 Å². The van der Waals surface area contributed by atoms with Crippen molar-refractivity contribution in [2.45, 2.75) is 25.8 Å². The Morgan fingerprint density at radius 1 is 0.921 bits per heavy atom. The minimum atomic E-state index is -5.08. The second-order valence-corrected chi connectivity index (χ2v) is 8.46. The lowest BCUT2D eigenvalue weighted by molar-refractivity contribution is -0.192. The molecular weight excluding hydrogens is 521 g/mol. The molecule has 0 atom stereocenters. The lowest BCUT2D eigenvalue weighted by atomic mass is 10.1. The maximum Gasteiger partial charge on any atom is 0.490 e. The molecule has 38 heavy (non-hydrogen) atoms. The number of carbonyl (C=O) groups excluding carboxylic acids is 1. The molecule has 4 rings (SSSR count). The fourth-order valence-corrected chi connectivity index (χ4v) is 3.62. The monoisotopic (exact) mass is 544 g/mol. The molecule has 9 nitrogen and oxygen atoms in total. The van der Waals surface area contributed by atoms with Crippen LogP contribution in [0.5, 0.6) is 0 Å². The zero-order valence-corrected chi connectivity index (χ0v) is 20.7. The van der Waals surface area contributed by atoms with Gasteiger partial charge in [0.15, 0.2) is 0 Å². The second kappa shape index (κ2) is 13.9. The lowest BCUT2D eigenvalue weighted by Crippen LogP contribution is -2.36. The predicted octanol–water partition coefficient (Wildman–Crippen LogP) is 3.95. The summed E-state index contributed by atoms with van der Waals surface area (Å²) in [4.78, 5) is 32.4. The molecule has 2 N–H and O–H groups in total. The van der Waals surface area contributed by atoms with Crippen molar-refractivity contribution in [3.05, 3.63) is 95.4 Å². The van der Waals surface area contributed by atoms with Crippen LogP contribution >= 0.6 is 11.5 Å². The molecule has 0 radical (unpaired) electrons. The number of nitrogens with zero attached hydrogens (tertiary/aromatic N) is 5. The van der Waals surface area contributed by atoms with Gasteiger partial charge in [-0.3, -0.25) is 19.7 Å². The van der Waals surface area contributed by atoms with E-state index in [1.165, 1.54) is 11.5 Å². The first-order valence-electron chi connectivity index (χ1n) is 11.2. The molecule has 3 heterocycles. The number of aliphatic carboxylic acids is 1. The van der Waals surface area contributed by atoms with Crippen molar-refractivity contribution in [3.63, 3.8) is 0 Å². The first-order chi connectivity index (χ1) is 18.2. The van der Waals surface area contributed by atoms with Crippen LogP contribution in [0.1, 0.15) is 17.0 Å². The molecule has 0 aliphatic carbocycles. The third kappa shape index (κ3) is 9.67. The largest absolute Gasteiger partial charge is 0.490 e. The molecule has 3 aromatic heterocycles. The van der Waals surface area contributed by atoms with Gasteiger partial charge in [0, 0.05) is 43.0 Å². The van der Waals surface area contributed by atoms with Crippen molar-refractivity contribution in [1.82, 2.24) is 29.8 Å². The quantitative estimate of drug-likeness (QED) is 0.325. The number of benzene rings is 1. The van der Waals surface area contributed by atoms with E-state index in [-0.39, 0.29) is 12.5 Å². The number of carboxylic acid groups (broad SMARTS) is 1. The average Bonchev–Trinajstić information content (AvgIpc) is 3.44. The summed E-state index contributed by atoms with van der Waals surface area (Å²) < 4.78 is 35.6. The van der Waals surface area contributed by atoms with Gasteiger partial charge in [-0.1, -0.05) is 40.9 Å². The molecule has 0 spiro atoms. The van der Waals surface area contributed by atoms with Gasteiger partial charge >= 0.3 is 12.1 Å². The van der Waals surface area contributed by atoms with Crippen LogP contribution in [0.15, 0.2) is 78.4 Å². The van der Waals surface area contributed by atoms with Gasteiger partial charge in [-0.2, -0.15) is 13.2 Å². The Morgan fingerprint density at radius 3 is 1.95 bits per heavy atom. The topological polar surface area (TPSA) is 121 Å². The highest BCUT2D eigenvalue weighted by molar-refractivity contribution is 7.03. The fourth-order valence-electron chi connectivity index (χ4n) is 3.15. The smallest absolute Gasteiger partial charge is 0.475 e. The predicted molar refractivity (Wildman–Crippen MR) is 133 cm³/mol. The Hall–Kier alpha value is -4.23. The summed E-state index contributed by atoms with van der Waals surface area (Å²) >= 11 is 1.33. The van der Waals surface area contributed by atoms with Crippen molar-refractivity contribution >= 4 is 23.4 Å². The molecule has 4 aromatic rings. The molecule has 0 saturated carbocycles. The summed E-state index contributed by atoms with van der Waals surface area (Å²) in [6.07, 6.45) is -1.56. The number of hydrogen-bond donors (Lipinski definition) is 2. The summed E-state index contributed by atoms with van der Waals surface area (Å²) in [6.45, 7) is 1.87. The number of carbonyl (C=O) groups is 2. The summed E-state index contributed by atoms with van der Waals surface area (Å²) in [5.41, 5.74) is 4.74. The molecule has 0 bridgehead atoms. The number of carboxylic acids is 1. The van der Waals surface area contributed by atoms with Gasteiger partial charge in [0.2, 0.25) is 5.91 Å². The van der Waals surface area contributed by atoms with E-state index >= 15 is 0 Å². The van der Waals surface area contributed by atoms with Crippen molar-refractivity contribution in [3.8, 4) is 11.3 Å². The summed E-state index contributed by atoms with van der Waals surface area (Å²) in [5.74, 6) is -2.80. The average molecular weight is 545 g/mol. The third-order valence-electron chi connectivity index (χ3n) is 4.93. The van der Waals surface area contributed by atoms with Gasteiger partial charge in [0.05, 0.1) is 17.9 Å². The highest BCUT2D eigenvalue weighted by atomic mass is 32.1. The minimum absolute atomic E-state index is 0.0420. The molecular formula is C25H23F3N6O3S. The van der Waals surface area contributed by atoms with Gasteiger partial charge in [-0.15, -0.1) is 5.10 Å². The van der Waals surface area contributed by atoms with E-state index in [1.807, 2.05) is 70.9 Å².